The largest absolute Gasteiger partial charge is 0.480 e. The summed E-state index contributed by atoms with van der Waals surface area (Å²) in [6, 6.07) is 6.53. The Labute approximate surface area is 149 Å². The van der Waals surface area contributed by atoms with Crippen molar-refractivity contribution < 1.29 is 14.7 Å². The van der Waals surface area contributed by atoms with Crippen molar-refractivity contribution in [2.24, 2.45) is 0 Å². The number of hydrogen-bond donors (Lipinski definition) is 2. The van der Waals surface area contributed by atoms with Crippen LogP contribution in [0, 0.1) is 0 Å². The standard InChI is InChI=1S/C17H19ClN2O3S/c1-2-3-8-14(17(22)23)20-15(21)9-11-10-24-16(19-11)12-6-4-5-7-13(12)18/h4-7,10,14H,2-3,8-9H2,1H3,(H,20,21)(H,22,23)/t14-/m0/s1. The first-order chi connectivity index (χ1) is 11.5. The lowest BCUT2D eigenvalue weighted by atomic mass is 10.1. The maximum atomic E-state index is 12.1. The minimum Gasteiger partial charge on any atom is -0.480 e. The molecular weight excluding hydrogens is 348 g/mol. The van der Waals surface area contributed by atoms with Crippen molar-refractivity contribution in [3.8, 4) is 10.6 Å². The van der Waals surface area contributed by atoms with Crippen molar-refractivity contribution in [1.82, 2.24) is 10.3 Å². The van der Waals surface area contributed by atoms with E-state index >= 15 is 0 Å². The van der Waals surface area contributed by atoms with E-state index in [0.29, 0.717) is 17.1 Å². The minimum atomic E-state index is -1.01. The van der Waals surface area contributed by atoms with Gasteiger partial charge in [0.1, 0.15) is 11.0 Å². The molecule has 0 aliphatic carbocycles. The highest BCUT2D eigenvalue weighted by molar-refractivity contribution is 7.13. The Hall–Kier alpha value is -1.92. The van der Waals surface area contributed by atoms with Crippen molar-refractivity contribution in [2.75, 3.05) is 0 Å². The fraction of sp³-hybridized carbons (Fsp3) is 0.353. The van der Waals surface area contributed by atoms with E-state index in [2.05, 4.69) is 10.3 Å². The molecule has 0 aliphatic heterocycles. The van der Waals surface area contributed by atoms with Crippen LogP contribution in [0.25, 0.3) is 10.6 Å². The molecule has 0 saturated heterocycles. The smallest absolute Gasteiger partial charge is 0.326 e. The Morgan fingerprint density at radius 3 is 2.79 bits per heavy atom. The molecule has 0 fully saturated rings. The Kier molecular flexibility index (Phi) is 6.75. The molecule has 0 bridgehead atoms. The van der Waals surface area contributed by atoms with Crippen LogP contribution in [-0.4, -0.2) is 28.0 Å². The molecular formula is C17H19ClN2O3S. The summed E-state index contributed by atoms with van der Waals surface area (Å²) < 4.78 is 0. The Morgan fingerprint density at radius 2 is 2.12 bits per heavy atom. The van der Waals surface area contributed by atoms with Gasteiger partial charge in [-0.2, -0.15) is 0 Å². The summed E-state index contributed by atoms with van der Waals surface area (Å²) in [6.45, 7) is 1.98. The van der Waals surface area contributed by atoms with E-state index in [0.717, 1.165) is 23.4 Å². The van der Waals surface area contributed by atoms with Gasteiger partial charge in [0, 0.05) is 10.9 Å². The predicted molar refractivity (Wildman–Crippen MR) is 95.4 cm³/mol. The summed E-state index contributed by atoms with van der Waals surface area (Å²) in [6.07, 6.45) is 2.12. The summed E-state index contributed by atoms with van der Waals surface area (Å²) in [5.74, 6) is -1.35. The highest BCUT2D eigenvalue weighted by Crippen LogP contribution is 2.30. The monoisotopic (exact) mass is 366 g/mol. The Morgan fingerprint density at radius 1 is 1.38 bits per heavy atom. The number of unbranched alkanes of at least 4 members (excludes halogenated alkanes) is 1. The first kappa shape index (κ1) is 18.4. The van der Waals surface area contributed by atoms with Gasteiger partial charge in [0.05, 0.1) is 17.1 Å². The molecule has 1 aromatic heterocycles. The molecule has 1 atom stereocenters. The van der Waals surface area contributed by atoms with Crippen LogP contribution < -0.4 is 5.32 Å². The van der Waals surface area contributed by atoms with E-state index in [-0.39, 0.29) is 12.3 Å². The Balaban J connectivity index is 2.00. The van der Waals surface area contributed by atoms with Crippen LogP contribution in [0.1, 0.15) is 31.9 Å². The number of carboxylic acids is 1. The average molecular weight is 367 g/mol. The molecule has 24 heavy (non-hydrogen) atoms. The van der Waals surface area contributed by atoms with Gasteiger partial charge >= 0.3 is 5.97 Å². The maximum Gasteiger partial charge on any atom is 0.326 e. The van der Waals surface area contributed by atoms with Crippen LogP contribution in [0.2, 0.25) is 5.02 Å². The SMILES string of the molecule is CCCC[C@H](NC(=O)Cc1csc(-c2ccccc2Cl)n1)C(=O)O. The number of carbonyl (C=O) groups excluding carboxylic acids is 1. The molecule has 7 heteroatoms. The van der Waals surface area contributed by atoms with E-state index in [1.54, 1.807) is 11.4 Å². The van der Waals surface area contributed by atoms with Crippen LogP contribution in [0.5, 0.6) is 0 Å². The van der Waals surface area contributed by atoms with Crippen molar-refractivity contribution in [3.63, 3.8) is 0 Å². The number of rotatable bonds is 8. The van der Waals surface area contributed by atoms with Gasteiger partial charge in [0.2, 0.25) is 5.91 Å². The van der Waals surface area contributed by atoms with E-state index in [1.807, 2.05) is 25.1 Å². The zero-order valence-electron chi connectivity index (χ0n) is 13.3. The first-order valence-electron chi connectivity index (χ1n) is 7.72. The second-order valence-corrected chi connectivity index (χ2v) is 6.67. The van der Waals surface area contributed by atoms with Crippen LogP contribution in [0.4, 0.5) is 0 Å². The molecule has 0 spiro atoms. The third kappa shape index (κ3) is 5.04. The number of amides is 1. The predicted octanol–water partition coefficient (Wildman–Crippen LogP) is 3.77. The lowest BCUT2D eigenvalue weighted by Gasteiger charge is -2.13. The van der Waals surface area contributed by atoms with Crippen LogP contribution in [-0.2, 0) is 16.0 Å². The number of nitrogens with one attached hydrogen (secondary N) is 1. The lowest BCUT2D eigenvalue weighted by molar-refractivity contribution is -0.142. The zero-order chi connectivity index (χ0) is 17.5. The zero-order valence-corrected chi connectivity index (χ0v) is 14.9. The number of carboxylic acid groups (broad SMARTS) is 1. The normalized spacial score (nSPS) is 11.9. The quantitative estimate of drug-likeness (QED) is 0.745. The molecule has 0 unspecified atom stereocenters. The summed E-state index contributed by atoms with van der Waals surface area (Å²) in [4.78, 5) is 27.7. The number of aromatic nitrogens is 1. The van der Waals surface area contributed by atoms with Gasteiger partial charge in [-0.15, -0.1) is 11.3 Å². The van der Waals surface area contributed by atoms with E-state index < -0.39 is 12.0 Å². The lowest BCUT2D eigenvalue weighted by Crippen LogP contribution is -2.41. The van der Waals surface area contributed by atoms with Crippen LogP contribution in [0.15, 0.2) is 29.6 Å². The fourth-order valence-corrected chi connectivity index (χ4v) is 3.36. The van der Waals surface area contributed by atoms with Crippen molar-refractivity contribution in [3.05, 3.63) is 40.4 Å². The highest BCUT2D eigenvalue weighted by Gasteiger charge is 2.20. The van der Waals surface area contributed by atoms with Crippen LogP contribution in [0.3, 0.4) is 0 Å². The maximum absolute atomic E-state index is 12.1. The number of aliphatic carboxylic acids is 1. The van der Waals surface area contributed by atoms with Gasteiger partial charge in [-0.05, 0) is 12.5 Å². The van der Waals surface area contributed by atoms with Gasteiger partial charge < -0.3 is 10.4 Å². The Bertz CT molecular complexity index is 717. The van der Waals surface area contributed by atoms with Crippen molar-refractivity contribution in [2.45, 2.75) is 38.6 Å². The van der Waals surface area contributed by atoms with E-state index in [4.69, 9.17) is 16.7 Å². The van der Waals surface area contributed by atoms with Crippen molar-refractivity contribution in [1.29, 1.82) is 0 Å². The first-order valence-corrected chi connectivity index (χ1v) is 8.98. The molecule has 2 N–H and O–H groups in total. The second-order valence-electron chi connectivity index (χ2n) is 5.40. The molecule has 0 saturated carbocycles. The molecule has 1 heterocycles. The summed E-state index contributed by atoms with van der Waals surface area (Å²) in [7, 11) is 0. The van der Waals surface area contributed by atoms with Crippen molar-refractivity contribution >= 4 is 34.8 Å². The minimum absolute atomic E-state index is 0.0524. The molecule has 2 aromatic rings. The number of thiazole rings is 1. The highest BCUT2D eigenvalue weighted by atomic mass is 35.5. The molecule has 0 aliphatic rings. The van der Waals surface area contributed by atoms with Gasteiger partial charge in [-0.25, -0.2) is 9.78 Å². The summed E-state index contributed by atoms with van der Waals surface area (Å²) >= 11 is 7.55. The van der Waals surface area contributed by atoms with Gasteiger partial charge in [-0.1, -0.05) is 49.6 Å². The topological polar surface area (TPSA) is 79.3 Å². The summed E-state index contributed by atoms with van der Waals surface area (Å²) in [5.41, 5.74) is 1.43. The molecule has 0 radical (unpaired) electrons. The van der Waals surface area contributed by atoms with E-state index in [1.165, 1.54) is 11.3 Å². The molecule has 128 valence electrons. The third-order valence-corrected chi connectivity index (χ3v) is 4.73. The number of benzene rings is 1. The molecule has 5 nitrogen and oxygen atoms in total. The van der Waals surface area contributed by atoms with Crippen LogP contribution >= 0.6 is 22.9 Å². The number of carbonyl (C=O) groups is 2. The third-order valence-electron chi connectivity index (χ3n) is 3.48. The van der Waals surface area contributed by atoms with E-state index in [9.17, 15) is 9.59 Å². The molecule has 1 aromatic carbocycles. The number of halogens is 1. The average Bonchev–Trinajstić information content (AvgIpc) is 2.99. The molecule has 2 rings (SSSR count). The van der Waals surface area contributed by atoms with Gasteiger partial charge in [0.25, 0.3) is 0 Å². The van der Waals surface area contributed by atoms with Gasteiger partial charge in [-0.3, -0.25) is 4.79 Å². The number of nitrogens with zero attached hydrogens (tertiary/aromatic N) is 1. The van der Waals surface area contributed by atoms with Gasteiger partial charge in [0.15, 0.2) is 0 Å². The number of hydrogen-bond acceptors (Lipinski definition) is 4. The molecule has 1 amide bonds. The fourth-order valence-electron chi connectivity index (χ4n) is 2.22. The summed E-state index contributed by atoms with van der Waals surface area (Å²) in [5, 5.41) is 14.9. The second kappa shape index (κ2) is 8.80.